The number of hydrogen-bond acceptors (Lipinski definition) is 1. The molecular formula is C28H22O. The third kappa shape index (κ3) is 6.99. The van der Waals surface area contributed by atoms with Crippen LogP contribution in [0.1, 0.15) is 42.0 Å². The Labute approximate surface area is 173 Å². The van der Waals surface area contributed by atoms with Crippen molar-refractivity contribution in [1.29, 1.82) is 0 Å². The highest BCUT2D eigenvalue weighted by Gasteiger charge is 1.94. The van der Waals surface area contributed by atoms with Gasteiger partial charge in [0.2, 0.25) is 0 Å². The molecule has 0 aliphatic heterocycles. The van der Waals surface area contributed by atoms with Crippen molar-refractivity contribution in [3.8, 4) is 41.3 Å². The molecule has 0 bridgehead atoms. The van der Waals surface area contributed by atoms with E-state index in [1.54, 1.807) is 0 Å². The maximum Gasteiger partial charge on any atom is 0.119 e. The van der Waals surface area contributed by atoms with E-state index in [9.17, 15) is 0 Å². The van der Waals surface area contributed by atoms with Crippen LogP contribution < -0.4 is 4.74 Å². The van der Waals surface area contributed by atoms with Crippen LogP contribution in [0.2, 0.25) is 0 Å². The van der Waals surface area contributed by atoms with Crippen molar-refractivity contribution in [3.05, 3.63) is 101 Å². The molecule has 0 amide bonds. The first-order valence-corrected chi connectivity index (χ1v) is 9.75. The molecule has 0 N–H and O–H groups in total. The van der Waals surface area contributed by atoms with Gasteiger partial charge in [0.05, 0.1) is 6.61 Å². The number of ether oxygens (including phenoxy) is 1. The first-order chi connectivity index (χ1) is 14.3. The molecule has 29 heavy (non-hydrogen) atoms. The van der Waals surface area contributed by atoms with Crippen LogP contribution in [0.5, 0.6) is 5.75 Å². The second-order valence-electron chi connectivity index (χ2n) is 6.42. The van der Waals surface area contributed by atoms with Gasteiger partial charge in [0.15, 0.2) is 0 Å². The smallest absolute Gasteiger partial charge is 0.119 e. The topological polar surface area (TPSA) is 9.23 Å². The molecule has 0 saturated heterocycles. The Morgan fingerprint density at radius 1 is 0.586 bits per heavy atom. The molecule has 0 aliphatic rings. The van der Waals surface area contributed by atoms with Crippen molar-refractivity contribution < 1.29 is 4.74 Å². The van der Waals surface area contributed by atoms with E-state index in [-0.39, 0.29) is 0 Å². The molecule has 1 heteroatoms. The highest BCUT2D eigenvalue weighted by Crippen LogP contribution is 2.12. The predicted octanol–water partition coefficient (Wildman–Crippen LogP) is 5.67. The number of rotatable bonds is 4. The number of benzene rings is 3. The van der Waals surface area contributed by atoms with E-state index < -0.39 is 0 Å². The Balaban J connectivity index is 1.58. The summed E-state index contributed by atoms with van der Waals surface area (Å²) in [5, 5.41) is 0. The van der Waals surface area contributed by atoms with Crippen LogP contribution in [0.25, 0.3) is 0 Å². The molecule has 3 aromatic carbocycles. The van der Waals surface area contributed by atoms with E-state index in [4.69, 9.17) is 4.74 Å². The van der Waals surface area contributed by atoms with E-state index >= 15 is 0 Å². The molecule has 140 valence electrons. The monoisotopic (exact) mass is 374 g/mol. The van der Waals surface area contributed by atoms with Gasteiger partial charge in [-0.2, -0.15) is 0 Å². The summed E-state index contributed by atoms with van der Waals surface area (Å²) in [6.45, 7) is 2.91. The number of hydrogen-bond donors (Lipinski definition) is 0. The highest BCUT2D eigenvalue weighted by molar-refractivity contribution is 5.48. The lowest BCUT2D eigenvalue weighted by atomic mass is 10.1. The highest BCUT2D eigenvalue weighted by atomic mass is 16.5. The van der Waals surface area contributed by atoms with E-state index in [0.29, 0.717) is 0 Å². The van der Waals surface area contributed by atoms with Crippen LogP contribution in [0.15, 0.2) is 78.9 Å². The van der Waals surface area contributed by atoms with Crippen LogP contribution in [0.4, 0.5) is 0 Å². The Morgan fingerprint density at radius 3 is 1.62 bits per heavy atom. The van der Waals surface area contributed by atoms with Gasteiger partial charge in [0.1, 0.15) is 5.75 Å². The Morgan fingerprint density at radius 2 is 1.07 bits per heavy atom. The summed E-state index contributed by atoms with van der Waals surface area (Å²) < 4.78 is 5.67. The zero-order valence-electron chi connectivity index (χ0n) is 16.5. The Kier molecular flexibility index (Phi) is 7.61. The fourth-order valence-corrected chi connectivity index (χ4v) is 2.48. The molecule has 0 atom stereocenters. The average Bonchev–Trinajstić information content (AvgIpc) is 2.78. The van der Waals surface area contributed by atoms with Crippen molar-refractivity contribution in [2.75, 3.05) is 6.61 Å². The Bertz CT molecular complexity index is 1090. The first-order valence-electron chi connectivity index (χ1n) is 9.75. The van der Waals surface area contributed by atoms with Gasteiger partial charge in [-0.05, 0) is 78.9 Å². The molecule has 3 aromatic rings. The van der Waals surface area contributed by atoms with E-state index in [1.165, 1.54) is 0 Å². The summed E-state index contributed by atoms with van der Waals surface area (Å²) in [5.41, 5.74) is 3.81. The van der Waals surface area contributed by atoms with Gasteiger partial charge >= 0.3 is 0 Å². The summed E-state index contributed by atoms with van der Waals surface area (Å²) in [7, 11) is 0. The molecule has 0 saturated carbocycles. The second kappa shape index (κ2) is 11.1. The van der Waals surface area contributed by atoms with Gasteiger partial charge in [-0.15, -0.1) is 0 Å². The van der Waals surface area contributed by atoms with Crippen LogP contribution in [-0.4, -0.2) is 6.61 Å². The normalized spacial score (nSPS) is 9.14. The van der Waals surface area contributed by atoms with Gasteiger partial charge in [-0.1, -0.05) is 55.2 Å². The summed E-state index contributed by atoms with van der Waals surface area (Å²) in [6.07, 6.45) is 2.20. The van der Waals surface area contributed by atoms with E-state index in [0.717, 1.165) is 47.5 Å². The number of unbranched alkanes of at least 4 members (excludes halogenated alkanes) is 1. The maximum absolute atomic E-state index is 5.67. The quantitative estimate of drug-likeness (QED) is 0.422. The van der Waals surface area contributed by atoms with Crippen molar-refractivity contribution in [2.24, 2.45) is 0 Å². The van der Waals surface area contributed by atoms with Gasteiger partial charge in [0.25, 0.3) is 0 Å². The molecule has 0 heterocycles. The minimum absolute atomic E-state index is 0.759. The van der Waals surface area contributed by atoms with Crippen molar-refractivity contribution in [2.45, 2.75) is 19.8 Å². The lowest BCUT2D eigenvalue weighted by molar-refractivity contribution is 0.309. The zero-order valence-corrected chi connectivity index (χ0v) is 16.5. The van der Waals surface area contributed by atoms with Crippen LogP contribution in [0, 0.1) is 35.5 Å². The van der Waals surface area contributed by atoms with Crippen LogP contribution in [-0.2, 0) is 0 Å². The van der Waals surface area contributed by atoms with Crippen molar-refractivity contribution in [3.63, 3.8) is 0 Å². The maximum atomic E-state index is 5.67. The van der Waals surface area contributed by atoms with Gasteiger partial charge in [0, 0.05) is 22.3 Å². The molecule has 0 aromatic heterocycles. The molecule has 0 radical (unpaired) electrons. The largest absolute Gasteiger partial charge is 0.494 e. The van der Waals surface area contributed by atoms with Gasteiger partial charge in [-0.25, -0.2) is 0 Å². The van der Waals surface area contributed by atoms with E-state index in [2.05, 4.69) is 42.4 Å². The van der Waals surface area contributed by atoms with Gasteiger partial charge < -0.3 is 4.74 Å². The molecular weight excluding hydrogens is 352 g/mol. The SMILES string of the molecule is CCCCOc1ccc(C#Cc2ccc(C#CC#Cc3ccccc3)cc2)cc1. The van der Waals surface area contributed by atoms with Crippen LogP contribution in [0.3, 0.4) is 0 Å². The van der Waals surface area contributed by atoms with Crippen LogP contribution >= 0.6 is 0 Å². The lowest BCUT2D eigenvalue weighted by Gasteiger charge is -2.04. The van der Waals surface area contributed by atoms with Crippen molar-refractivity contribution >= 4 is 0 Å². The predicted molar refractivity (Wildman–Crippen MR) is 119 cm³/mol. The molecule has 0 fully saturated rings. The first kappa shape index (κ1) is 19.9. The van der Waals surface area contributed by atoms with Crippen molar-refractivity contribution in [1.82, 2.24) is 0 Å². The third-order valence-electron chi connectivity index (χ3n) is 4.11. The zero-order chi connectivity index (χ0) is 20.2. The average molecular weight is 374 g/mol. The Hall–Kier alpha value is -3.86. The fourth-order valence-electron chi connectivity index (χ4n) is 2.48. The summed E-state index contributed by atoms with van der Waals surface area (Å²) in [5.74, 6) is 19.1. The van der Waals surface area contributed by atoms with E-state index in [1.807, 2.05) is 78.9 Å². The molecule has 0 aliphatic carbocycles. The standard InChI is InChI=1S/C28H22O/c1-2-3-23-29-28-21-19-27(20-22-28)18-17-26-15-13-25(14-16-26)12-8-7-11-24-9-5-4-6-10-24/h4-6,9-10,13-16,19-22H,2-3,23H2,1H3. The second-order valence-corrected chi connectivity index (χ2v) is 6.42. The summed E-state index contributed by atoms with van der Waals surface area (Å²) in [6, 6.07) is 25.6. The fraction of sp³-hybridized carbons (Fsp3) is 0.143. The third-order valence-corrected chi connectivity index (χ3v) is 4.11. The minimum Gasteiger partial charge on any atom is -0.494 e. The molecule has 0 spiro atoms. The molecule has 0 unspecified atom stereocenters. The summed E-state index contributed by atoms with van der Waals surface area (Å²) >= 11 is 0. The summed E-state index contributed by atoms with van der Waals surface area (Å²) in [4.78, 5) is 0. The van der Waals surface area contributed by atoms with Gasteiger partial charge in [-0.3, -0.25) is 0 Å². The molecule has 1 nitrogen and oxygen atoms in total. The molecule has 3 rings (SSSR count). The lowest BCUT2D eigenvalue weighted by Crippen LogP contribution is -1.95. The minimum atomic E-state index is 0.759.